The van der Waals surface area contributed by atoms with Crippen molar-refractivity contribution < 1.29 is 14.4 Å². The van der Waals surface area contributed by atoms with E-state index in [1.807, 2.05) is 56.3 Å². The first-order chi connectivity index (χ1) is 14.9. The molecule has 0 aliphatic rings. The van der Waals surface area contributed by atoms with Crippen molar-refractivity contribution in [2.75, 3.05) is 32.0 Å². The Kier molecular flexibility index (Phi) is 9.55. The van der Waals surface area contributed by atoms with Crippen LogP contribution in [0, 0.1) is 0 Å². The molecular weight excluding hydrogens is 392 g/mol. The Labute approximate surface area is 184 Å². The molecule has 0 radical (unpaired) electrons. The van der Waals surface area contributed by atoms with Gasteiger partial charge in [-0.15, -0.1) is 0 Å². The number of nitrogens with zero attached hydrogens (tertiary/aromatic N) is 2. The smallest absolute Gasteiger partial charge is 0.317 e. The maximum atomic E-state index is 12.2. The summed E-state index contributed by atoms with van der Waals surface area (Å²) in [6.07, 6.45) is 0.519. The summed E-state index contributed by atoms with van der Waals surface area (Å²) >= 11 is 0. The zero-order chi connectivity index (χ0) is 22.6. The van der Waals surface area contributed by atoms with Crippen molar-refractivity contribution in [3.63, 3.8) is 0 Å². The minimum Gasteiger partial charge on any atom is -0.343 e. The van der Waals surface area contributed by atoms with Gasteiger partial charge in [-0.25, -0.2) is 4.79 Å². The van der Waals surface area contributed by atoms with Gasteiger partial charge in [-0.1, -0.05) is 42.5 Å². The number of hydrogen-bond acceptors (Lipinski definition) is 3. The third-order valence-electron chi connectivity index (χ3n) is 4.95. The second kappa shape index (κ2) is 12.4. The van der Waals surface area contributed by atoms with Crippen LogP contribution < -0.4 is 10.6 Å². The van der Waals surface area contributed by atoms with Gasteiger partial charge in [-0.3, -0.25) is 9.59 Å². The van der Waals surface area contributed by atoms with Gasteiger partial charge < -0.3 is 20.4 Å². The fourth-order valence-corrected chi connectivity index (χ4v) is 3.14. The monoisotopic (exact) mass is 424 g/mol. The maximum absolute atomic E-state index is 12.2. The van der Waals surface area contributed by atoms with Crippen LogP contribution in [-0.2, 0) is 22.6 Å². The lowest BCUT2D eigenvalue weighted by atomic mass is 10.1. The molecular formula is C24H32N4O3. The van der Waals surface area contributed by atoms with Crippen molar-refractivity contribution in [1.29, 1.82) is 0 Å². The predicted molar refractivity (Wildman–Crippen MR) is 123 cm³/mol. The summed E-state index contributed by atoms with van der Waals surface area (Å²) in [4.78, 5) is 39.9. The van der Waals surface area contributed by atoms with Crippen molar-refractivity contribution in [3.05, 3.63) is 65.7 Å². The number of hydrogen-bond donors (Lipinski definition) is 2. The molecule has 0 atom stereocenters. The largest absolute Gasteiger partial charge is 0.343 e. The van der Waals surface area contributed by atoms with E-state index in [1.54, 1.807) is 29.0 Å². The highest BCUT2D eigenvalue weighted by Crippen LogP contribution is 2.11. The van der Waals surface area contributed by atoms with E-state index < -0.39 is 0 Å². The van der Waals surface area contributed by atoms with Crippen LogP contribution in [0.4, 0.5) is 10.5 Å². The highest BCUT2D eigenvalue weighted by atomic mass is 16.2. The number of carbonyl (C=O) groups excluding carboxylic acids is 3. The average molecular weight is 425 g/mol. The summed E-state index contributed by atoms with van der Waals surface area (Å²) in [5, 5.41) is 5.57. The number of benzene rings is 2. The van der Waals surface area contributed by atoms with Crippen LogP contribution in [0.25, 0.3) is 0 Å². The van der Waals surface area contributed by atoms with Crippen molar-refractivity contribution >= 4 is 23.5 Å². The van der Waals surface area contributed by atoms with Gasteiger partial charge in [0.05, 0.1) is 6.42 Å². The summed E-state index contributed by atoms with van der Waals surface area (Å²) in [6.45, 7) is 6.07. The molecule has 0 aliphatic heterocycles. The third kappa shape index (κ3) is 8.12. The number of likely N-dealkylation sites (N-methyl/N-ethyl adjacent to an activating group) is 1. The molecule has 0 bridgehead atoms. The Morgan fingerprint density at radius 3 is 2.13 bits per heavy atom. The lowest BCUT2D eigenvalue weighted by molar-refractivity contribution is -0.130. The van der Waals surface area contributed by atoms with Crippen LogP contribution in [0.5, 0.6) is 0 Å². The number of nitrogens with one attached hydrogen (secondary N) is 2. The minimum atomic E-state index is -0.223. The van der Waals surface area contributed by atoms with Gasteiger partial charge in [-0.2, -0.15) is 0 Å². The quantitative estimate of drug-likeness (QED) is 0.614. The first-order valence-corrected chi connectivity index (χ1v) is 10.6. The zero-order valence-electron chi connectivity index (χ0n) is 18.6. The molecule has 0 heterocycles. The van der Waals surface area contributed by atoms with Gasteiger partial charge in [0, 0.05) is 45.3 Å². The van der Waals surface area contributed by atoms with Crippen molar-refractivity contribution in [2.24, 2.45) is 0 Å². The average Bonchev–Trinajstić information content (AvgIpc) is 2.76. The summed E-state index contributed by atoms with van der Waals surface area (Å²) in [7, 11) is 1.72. The highest BCUT2D eigenvalue weighted by molar-refractivity contribution is 5.91. The van der Waals surface area contributed by atoms with E-state index in [-0.39, 0.29) is 30.8 Å². The van der Waals surface area contributed by atoms with Gasteiger partial charge in [0.15, 0.2) is 0 Å². The fraction of sp³-hybridized carbons (Fsp3) is 0.375. The molecule has 7 heteroatoms. The number of rotatable bonds is 10. The molecule has 2 aromatic carbocycles. The van der Waals surface area contributed by atoms with E-state index in [4.69, 9.17) is 0 Å². The number of carbonyl (C=O) groups is 3. The van der Waals surface area contributed by atoms with E-state index in [9.17, 15) is 14.4 Å². The number of anilines is 1. The molecule has 166 valence electrons. The molecule has 0 fully saturated rings. The first kappa shape index (κ1) is 23.9. The van der Waals surface area contributed by atoms with Crippen molar-refractivity contribution in [1.82, 2.24) is 15.1 Å². The Hall–Kier alpha value is -3.35. The van der Waals surface area contributed by atoms with Gasteiger partial charge >= 0.3 is 6.03 Å². The molecule has 0 aromatic heterocycles. The van der Waals surface area contributed by atoms with Gasteiger partial charge in [0.2, 0.25) is 11.8 Å². The number of amides is 4. The van der Waals surface area contributed by atoms with Crippen LogP contribution in [-0.4, -0.2) is 54.3 Å². The predicted octanol–water partition coefficient (Wildman–Crippen LogP) is 3.27. The second-order valence-corrected chi connectivity index (χ2v) is 7.31. The maximum Gasteiger partial charge on any atom is 0.317 e. The van der Waals surface area contributed by atoms with Crippen molar-refractivity contribution in [2.45, 2.75) is 33.2 Å². The summed E-state index contributed by atoms with van der Waals surface area (Å²) < 4.78 is 0. The molecule has 2 rings (SSSR count). The van der Waals surface area contributed by atoms with E-state index in [0.717, 1.165) is 11.1 Å². The molecule has 4 amide bonds. The Morgan fingerprint density at radius 2 is 1.52 bits per heavy atom. The standard InChI is InChI=1S/C24H32N4O3/c1-4-28(5-2)23(30)17-19-11-13-21(14-12-19)26-22(29)15-16-25-24(31)27(3)18-20-9-7-6-8-10-20/h6-14H,4-5,15-18H2,1-3H3,(H,25,31)(H,26,29). The first-order valence-electron chi connectivity index (χ1n) is 10.6. The summed E-state index contributed by atoms with van der Waals surface area (Å²) in [6, 6.07) is 16.8. The third-order valence-corrected chi connectivity index (χ3v) is 4.95. The zero-order valence-corrected chi connectivity index (χ0v) is 18.6. The molecule has 0 saturated heterocycles. The van der Waals surface area contributed by atoms with E-state index in [2.05, 4.69) is 10.6 Å². The molecule has 2 aromatic rings. The fourth-order valence-electron chi connectivity index (χ4n) is 3.14. The van der Waals surface area contributed by atoms with Gasteiger partial charge in [-0.05, 0) is 37.1 Å². The van der Waals surface area contributed by atoms with Crippen LogP contribution in [0.2, 0.25) is 0 Å². The SMILES string of the molecule is CCN(CC)C(=O)Cc1ccc(NC(=O)CCNC(=O)N(C)Cc2ccccc2)cc1. The minimum absolute atomic E-state index is 0.0924. The topological polar surface area (TPSA) is 81.8 Å². The van der Waals surface area contributed by atoms with E-state index >= 15 is 0 Å². The number of urea groups is 1. The molecule has 0 aliphatic carbocycles. The molecule has 0 saturated carbocycles. The van der Waals surface area contributed by atoms with Crippen LogP contribution in [0.3, 0.4) is 0 Å². The normalized spacial score (nSPS) is 10.3. The lowest BCUT2D eigenvalue weighted by Gasteiger charge is -2.18. The second-order valence-electron chi connectivity index (χ2n) is 7.31. The van der Waals surface area contributed by atoms with Crippen molar-refractivity contribution in [3.8, 4) is 0 Å². The van der Waals surface area contributed by atoms with Crippen LogP contribution in [0.15, 0.2) is 54.6 Å². The molecule has 31 heavy (non-hydrogen) atoms. The lowest BCUT2D eigenvalue weighted by Crippen LogP contribution is -2.38. The Balaban J connectivity index is 1.72. The summed E-state index contributed by atoms with van der Waals surface area (Å²) in [5.41, 5.74) is 2.61. The molecule has 7 nitrogen and oxygen atoms in total. The Morgan fingerprint density at radius 1 is 0.871 bits per heavy atom. The highest BCUT2D eigenvalue weighted by Gasteiger charge is 2.11. The van der Waals surface area contributed by atoms with E-state index in [0.29, 0.717) is 31.7 Å². The molecule has 0 unspecified atom stereocenters. The summed E-state index contributed by atoms with van der Waals surface area (Å²) in [5.74, 6) is -0.0901. The van der Waals surface area contributed by atoms with Gasteiger partial charge in [0.25, 0.3) is 0 Å². The molecule has 0 spiro atoms. The van der Waals surface area contributed by atoms with Crippen LogP contribution in [0.1, 0.15) is 31.4 Å². The van der Waals surface area contributed by atoms with Crippen LogP contribution >= 0.6 is 0 Å². The Bertz CT molecular complexity index is 849. The van der Waals surface area contributed by atoms with E-state index in [1.165, 1.54) is 0 Å². The molecule has 2 N–H and O–H groups in total. The van der Waals surface area contributed by atoms with Gasteiger partial charge in [0.1, 0.15) is 0 Å².